The zero-order valence-corrected chi connectivity index (χ0v) is 13.6. The lowest BCUT2D eigenvalue weighted by molar-refractivity contribution is 0.546. The SMILES string of the molecule is CCCNC(c1cc(C)ccc1F)c1cccc(Cl)c1Cl. The Morgan fingerprint density at radius 1 is 1.14 bits per heavy atom. The van der Waals surface area contributed by atoms with E-state index in [0.29, 0.717) is 15.6 Å². The van der Waals surface area contributed by atoms with E-state index in [4.69, 9.17) is 23.2 Å². The minimum absolute atomic E-state index is 0.245. The summed E-state index contributed by atoms with van der Waals surface area (Å²) in [7, 11) is 0. The molecule has 0 heterocycles. The standard InChI is InChI=1S/C17H18Cl2FN/c1-3-9-21-17(12-5-4-6-14(18)16(12)19)13-10-11(2)7-8-15(13)20/h4-8,10,17,21H,3,9H2,1-2H3. The zero-order valence-electron chi connectivity index (χ0n) is 12.1. The van der Waals surface area contributed by atoms with Crippen LogP contribution >= 0.6 is 23.2 Å². The highest BCUT2D eigenvalue weighted by Gasteiger charge is 2.21. The average molecular weight is 326 g/mol. The summed E-state index contributed by atoms with van der Waals surface area (Å²) in [4.78, 5) is 0. The van der Waals surface area contributed by atoms with E-state index < -0.39 is 0 Å². The van der Waals surface area contributed by atoms with Crippen molar-refractivity contribution in [3.8, 4) is 0 Å². The van der Waals surface area contributed by atoms with Crippen molar-refractivity contribution in [2.24, 2.45) is 0 Å². The van der Waals surface area contributed by atoms with Gasteiger partial charge in [-0.05, 0) is 37.6 Å². The van der Waals surface area contributed by atoms with Crippen LogP contribution in [0.3, 0.4) is 0 Å². The summed E-state index contributed by atoms with van der Waals surface area (Å²) in [6.45, 7) is 4.77. The molecule has 0 amide bonds. The third kappa shape index (κ3) is 3.76. The fraction of sp³-hybridized carbons (Fsp3) is 0.294. The minimum atomic E-state index is -0.309. The molecule has 2 rings (SSSR count). The van der Waals surface area contributed by atoms with Crippen LogP contribution < -0.4 is 5.32 Å². The summed E-state index contributed by atoms with van der Waals surface area (Å²) >= 11 is 12.4. The second-order valence-electron chi connectivity index (χ2n) is 5.06. The summed E-state index contributed by atoms with van der Waals surface area (Å²) in [5.41, 5.74) is 2.39. The zero-order chi connectivity index (χ0) is 15.4. The third-order valence-corrected chi connectivity index (χ3v) is 4.19. The van der Waals surface area contributed by atoms with E-state index in [-0.39, 0.29) is 11.9 Å². The fourth-order valence-electron chi connectivity index (χ4n) is 2.30. The van der Waals surface area contributed by atoms with Crippen molar-refractivity contribution in [2.45, 2.75) is 26.3 Å². The van der Waals surface area contributed by atoms with Crippen molar-refractivity contribution in [3.05, 3.63) is 69.0 Å². The Hall–Kier alpha value is -1.09. The highest BCUT2D eigenvalue weighted by atomic mass is 35.5. The van der Waals surface area contributed by atoms with E-state index in [1.165, 1.54) is 6.07 Å². The second kappa shape index (κ2) is 7.26. The maximum absolute atomic E-state index is 14.2. The molecule has 0 aliphatic heterocycles. The van der Waals surface area contributed by atoms with Crippen LogP contribution in [-0.4, -0.2) is 6.54 Å². The monoisotopic (exact) mass is 325 g/mol. The molecule has 2 aromatic carbocycles. The van der Waals surface area contributed by atoms with Crippen LogP contribution in [0.2, 0.25) is 10.0 Å². The Morgan fingerprint density at radius 2 is 1.90 bits per heavy atom. The molecule has 112 valence electrons. The van der Waals surface area contributed by atoms with Crippen LogP contribution in [0.15, 0.2) is 36.4 Å². The van der Waals surface area contributed by atoms with Gasteiger partial charge < -0.3 is 5.32 Å². The van der Waals surface area contributed by atoms with Gasteiger partial charge in [-0.3, -0.25) is 0 Å². The number of rotatable bonds is 5. The summed E-state index contributed by atoms with van der Waals surface area (Å²) < 4.78 is 14.2. The van der Waals surface area contributed by atoms with E-state index in [2.05, 4.69) is 12.2 Å². The predicted octanol–water partition coefficient (Wildman–Crippen LogP) is 5.53. The molecule has 1 atom stereocenters. The van der Waals surface area contributed by atoms with Crippen LogP contribution in [-0.2, 0) is 0 Å². The van der Waals surface area contributed by atoms with Gasteiger partial charge in [0.25, 0.3) is 0 Å². The van der Waals surface area contributed by atoms with Gasteiger partial charge in [-0.1, -0.05) is 60.0 Å². The lowest BCUT2D eigenvalue weighted by Crippen LogP contribution is -2.24. The Bertz CT molecular complexity index is 626. The van der Waals surface area contributed by atoms with Gasteiger partial charge in [0.2, 0.25) is 0 Å². The van der Waals surface area contributed by atoms with Crippen molar-refractivity contribution in [3.63, 3.8) is 0 Å². The molecule has 0 aliphatic carbocycles. The molecule has 0 radical (unpaired) electrons. The van der Waals surface area contributed by atoms with Crippen molar-refractivity contribution >= 4 is 23.2 Å². The van der Waals surface area contributed by atoms with Crippen LogP contribution in [0, 0.1) is 12.7 Å². The Balaban J connectivity index is 2.52. The number of halogens is 3. The summed E-state index contributed by atoms with van der Waals surface area (Å²) in [6.07, 6.45) is 0.947. The van der Waals surface area contributed by atoms with Crippen LogP contribution in [0.1, 0.15) is 36.1 Å². The van der Waals surface area contributed by atoms with E-state index >= 15 is 0 Å². The van der Waals surface area contributed by atoms with Gasteiger partial charge in [0, 0.05) is 5.56 Å². The van der Waals surface area contributed by atoms with Crippen molar-refractivity contribution in [2.75, 3.05) is 6.54 Å². The first kappa shape index (κ1) is 16.3. The molecule has 0 saturated heterocycles. The summed E-state index contributed by atoms with van der Waals surface area (Å²) in [5.74, 6) is -0.245. The number of hydrogen-bond donors (Lipinski definition) is 1. The number of aryl methyl sites for hydroxylation is 1. The van der Waals surface area contributed by atoms with E-state index in [9.17, 15) is 4.39 Å². The summed E-state index contributed by atoms with van der Waals surface area (Å²) in [6, 6.07) is 10.2. The molecule has 0 saturated carbocycles. The molecule has 0 spiro atoms. The van der Waals surface area contributed by atoms with E-state index in [0.717, 1.165) is 24.1 Å². The van der Waals surface area contributed by atoms with Crippen LogP contribution in [0.5, 0.6) is 0 Å². The van der Waals surface area contributed by atoms with Crippen LogP contribution in [0.4, 0.5) is 4.39 Å². The molecule has 4 heteroatoms. The van der Waals surface area contributed by atoms with Gasteiger partial charge in [0.1, 0.15) is 5.82 Å². The lowest BCUT2D eigenvalue weighted by Gasteiger charge is -2.22. The fourth-order valence-corrected chi connectivity index (χ4v) is 2.72. The van der Waals surface area contributed by atoms with E-state index in [1.807, 2.05) is 25.1 Å². The molecule has 2 aromatic rings. The van der Waals surface area contributed by atoms with Crippen LogP contribution in [0.25, 0.3) is 0 Å². The third-order valence-electron chi connectivity index (χ3n) is 3.35. The smallest absolute Gasteiger partial charge is 0.128 e. The number of benzene rings is 2. The molecule has 0 aromatic heterocycles. The lowest BCUT2D eigenvalue weighted by atomic mass is 9.96. The molecular formula is C17H18Cl2FN. The highest BCUT2D eigenvalue weighted by Crippen LogP contribution is 2.34. The molecule has 0 aliphatic rings. The van der Waals surface area contributed by atoms with Gasteiger partial charge in [0.05, 0.1) is 16.1 Å². The molecule has 1 nitrogen and oxygen atoms in total. The molecule has 1 N–H and O–H groups in total. The average Bonchev–Trinajstić information content (AvgIpc) is 2.47. The molecule has 0 fully saturated rings. The maximum atomic E-state index is 14.2. The van der Waals surface area contributed by atoms with Gasteiger partial charge in [-0.15, -0.1) is 0 Å². The van der Waals surface area contributed by atoms with Gasteiger partial charge in [-0.25, -0.2) is 4.39 Å². The van der Waals surface area contributed by atoms with Crippen molar-refractivity contribution < 1.29 is 4.39 Å². The quantitative estimate of drug-likeness (QED) is 0.762. The Kier molecular flexibility index (Phi) is 5.63. The minimum Gasteiger partial charge on any atom is -0.306 e. The van der Waals surface area contributed by atoms with E-state index in [1.54, 1.807) is 12.1 Å². The first-order valence-electron chi connectivity index (χ1n) is 6.98. The molecule has 0 bridgehead atoms. The largest absolute Gasteiger partial charge is 0.306 e. The second-order valence-corrected chi connectivity index (χ2v) is 5.84. The Morgan fingerprint density at radius 3 is 2.62 bits per heavy atom. The van der Waals surface area contributed by atoms with Gasteiger partial charge in [-0.2, -0.15) is 0 Å². The molecule has 1 unspecified atom stereocenters. The Labute approximate surface area is 135 Å². The normalized spacial score (nSPS) is 12.4. The molecular weight excluding hydrogens is 308 g/mol. The predicted molar refractivity (Wildman–Crippen MR) is 87.7 cm³/mol. The highest BCUT2D eigenvalue weighted by molar-refractivity contribution is 6.42. The first-order valence-corrected chi connectivity index (χ1v) is 7.73. The van der Waals surface area contributed by atoms with Crippen molar-refractivity contribution in [1.29, 1.82) is 0 Å². The van der Waals surface area contributed by atoms with Gasteiger partial charge in [0.15, 0.2) is 0 Å². The number of hydrogen-bond acceptors (Lipinski definition) is 1. The van der Waals surface area contributed by atoms with Gasteiger partial charge >= 0.3 is 0 Å². The van der Waals surface area contributed by atoms with Crippen molar-refractivity contribution in [1.82, 2.24) is 5.32 Å². The summed E-state index contributed by atoms with van der Waals surface area (Å²) in [5, 5.41) is 4.30. The maximum Gasteiger partial charge on any atom is 0.128 e. The first-order chi connectivity index (χ1) is 10.0. The molecule has 21 heavy (non-hydrogen) atoms. The topological polar surface area (TPSA) is 12.0 Å². The number of nitrogens with one attached hydrogen (secondary N) is 1.